The fourth-order valence-electron chi connectivity index (χ4n) is 2.03. The maximum absolute atomic E-state index is 12.8. The minimum Gasteiger partial charge on any atom is -0.454 e. The number of ketones is 1. The molecule has 7 heteroatoms. The van der Waals surface area contributed by atoms with Crippen LogP contribution in [0.3, 0.4) is 0 Å². The smallest absolute Gasteiger partial charge is 0.338 e. The summed E-state index contributed by atoms with van der Waals surface area (Å²) in [5.41, 5.74) is 1.34. The zero-order chi connectivity index (χ0) is 16.9. The molecule has 2 aromatic carbocycles. The van der Waals surface area contributed by atoms with Crippen molar-refractivity contribution < 1.29 is 18.7 Å². The van der Waals surface area contributed by atoms with Gasteiger partial charge in [0.1, 0.15) is 18.5 Å². The highest BCUT2D eigenvalue weighted by Gasteiger charge is 2.12. The molecule has 0 aliphatic rings. The predicted octanol–water partition coefficient (Wildman–Crippen LogP) is 2.45. The summed E-state index contributed by atoms with van der Waals surface area (Å²) in [6, 6.07) is 11.6. The fraction of sp³-hybridized carbons (Fsp3) is 0.0588. The highest BCUT2D eigenvalue weighted by atomic mass is 19.1. The Morgan fingerprint density at radius 1 is 1.00 bits per heavy atom. The molecule has 24 heavy (non-hydrogen) atoms. The molecule has 3 rings (SSSR count). The summed E-state index contributed by atoms with van der Waals surface area (Å²) in [7, 11) is 0. The molecular weight excluding hydrogens is 313 g/mol. The lowest BCUT2D eigenvalue weighted by Crippen LogP contribution is -2.14. The Morgan fingerprint density at radius 3 is 2.29 bits per heavy atom. The van der Waals surface area contributed by atoms with E-state index in [0.29, 0.717) is 5.56 Å². The van der Waals surface area contributed by atoms with Gasteiger partial charge in [-0.3, -0.25) is 4.79 Å². The third-order valence-corrected chi connectivity index (χ3v) is 3.29. The molecule has 0 saturated carbocycles. The van der Waals surface area contributed by atoms with E-state index in [9.17, 15) is 14.0 Å². The van der Waals surface area contributed by atoms with E-state index in [-0.39, 0.29) is 5.56 Å². The number of aromatic nitrogens is 3. The highest BCUT2D eigenvalue weighted by molar-refractivity contribution is 5.99. The van der Waals surface area contributed by atoms with Gasteiger partial charge < -0.3 is 4.74 Å². The van der Waals surface area contributed by atoms with Gasteiger partial charge in [0, 0.05) is 5.56 Å². The number of esters is 1. The van der Waals surface area contributed by atoms with Crippen molar-refractivity contribution in [3.05, 3.63) is 78.1 Å². The van der Waals surface area contributed by atoms with Crippen LogP contribution in [-0.2, 0) is 4.74 Å². The van der Waals surface area contributed by atoms with E-state index in [1.807, 2.05) is 0 Å². The minimum absolute atomic E-state index is 0.283. The van der Waals surface area contributed by atoms with Gasteiger partial charge in [-0.25, -0.2) is 18.9 Å². The number of rotatable bonds is 5. The Hall–Kier alpha value is -3.35. The van der Waals surface area contributed by atoms with E-state index >= 15 is 0 Å². The number of hydrogen-bond donors (Lipinski definition) is 0. The van der Waals surface area contributed by atoms with Crippen LogP contribution in [0.2, 0.25) is 0 Å². The number of nitrogens with zero attached hydrogens (tertiary/aromatic N) is 3. The van der Waals surface area contributed by atoms with Crippen molar-refractivity contribution in [1.82, 2.24) is 14.8 Å². The van der Waals surface area contributed by atoms with E-state index in [0.717, 1.165) is 5.69 Å². The molecule has 6 nitrogen and oxygen atoms in total. The van der Waals surface area contributed by atoms with Gasteiger partial charge in [0.2, 0.25) is 0 Å². The van der Waals surface area contributed by atoms with E-state index < -0.39 is 24.2 Å². The maximum atomic E-state index is 12.8. The monoisotopic (exact) mass is 325 g/mol. The van der Waals surface area contributed by atoms with E-state index in [1.165, 1.54) is 36.9 Å². The van der Waals surface area contributed by atoms with Gasteiger partial charge in [-0.15, -0.1) is 0 Å². The molecule has 0 aliphatic carbocycles. The molecule has 0 saturated heterocycles. The Labute approximate surface area is 136 Å². The summed E-state index contributed by atoms with van der Waals surface area (Å²) in [5, 5.41) is 3.98. The third-order valence-electron chi connectivity index (χ3n) is 3.29. The lowest BCUT2D eigenvalue weighted by atomic mass is 10.1. The molecule has 120 valence electrons. The molecule has 0 spiro atoms. The molecule has 1 heterocycles. The molecule has 1 aromatic heterocycles. The second-order valence-electron chi connectivity index (χ2n) is 4.89. The first-order chi connectivity index (χ1) is 11.6. The van der Waals surface area contributed by atoms with Crippen molar-refractivity contribution in [2.24, 2.45) is 0 Å². The van der Waals surface area contributed by atoms with Crippen LogP contribution in [0.4, 0.5) is 4.39 Å². The van der Waals surface area contributed by atoms with Crippen LogP contribution >= 0.6 is 0 Å². The summed E-state index contributed by atoms with van der Waals surface area (Å²) >= 11 is 0. The van der Waals surface area contributed by atoms with E-state index in [2.05, 4.69) is 10.1 Å². The standard InChI is InChI=1S/C17H12FN3O3/c18-14-5-1-12(2-6-14)16(22)9-24-17(23)13-3-7-15(8-4-13)21-11-19-10-20-21/h1-8,10-11H,9H2. The number of carbonyl (C=O) groups is 2. The molecular formula is C17H12FN3O3. The largest absolute Gasteiger partial charge is 0.454 e. The molecule has 3 aromatic rings. The molecule has 0 fully saturated rings. The summed E-state index contributed by atoms with van der Waals surface area (Å²) in [4.78, 5) is 27.7. The molecule has 0 unspecified atom stereocenters. The number of hydrogen-bond acceptors (Lipinski definition) is 5. The van der Waals surface area contributed by atoms with Crippen LogP contribution < -0.4 is 0 Å². The molecule has 0 aliphatic heterocycles. The van der Waals surface area contributed by atoms with Crippen molar-refractivity contribution in [3.63, 3.8) is 0 Å². The lowest BCUT2D eigenvalue weighted by molar-refractivity contribution is 0.0474. The first kappa shape index (κ1) is 15.5. The summed E-state index contributed by atoms with van der Waals surface area (Å²) < 4.78 is 19.4. The van der Waals surface area contributed by atoms with Crippen LogP contribution in [0.25, 0.3) is 5.69 Å². The van der Waals surface area contributed by atoms with Gasteiger partial charge in [-0.2, -0.15) is 5.10 Å². The van der Waals surface area contributed by atoms with Gasteiger partial charge in [0.05, 0.1) is 11.3 Å². The van der Waals surface area contributed by atoms with Crippen LogP contribution in [0.5, 0.6) is 0 Å². The van der Waals surface area contributed by atoms with Gasteiger partial charge in [0.15, 0.2) is 12.4 Å². The maximum Gasteiger partial charge on any atom is 0.338 e. The van der Waals surface area contributed by atoms with Gasteiger partial charge >= 0.3 is 5.97 Å². The van der Waals surface area contributed by atoms with Crippen LogP contribution in [-0.4, -0.2) is 33.1 Å². The molecule has 0 radical (unpaired) electrons. The number of Topliss-reactive ketones (excluding diaryl/α,β-unsaturated/α-hetero) is 1. The van der Waals surface area contributed by atoms with Gasteiger partial charge in [0.25, 0.3) is 0 Å². The summed E-state index contributed by atoms with van der Waals surface area (Å²) in [5.74, 6) is -1.45. The van der Waals surface area contributed by atoms with Crippen molar-refractivity contribution in [3.8, 4) is 5.69 Å². The minimum atomic E-state index is -0.615. The zero-order valence-corrected chi connectivity index (χ0v) is 12.4. The topological polar surface area (TPSA) is 74.1 Å². The van der Waals surface area contributed by atoms with Crippen LogP contribution in [0, 0.1) is 5.82 Å². The summed E-state index contributed by atoms with van der Waals surface area (Å²) in [6.07, 6.45) is 2.94. The Balaban J connectivity index is 1.60. The van der Waals surface area contributed by atoms with Crippen molar-refractivity contribution >= 4 is 11.8 Å². The predicted molar refractivity (Wildman–Crippen MR) is 82.4 cm³/mol. The number of carbonyl (C=O) groups excluding carboxylic acids is 2. The second kappa shape index (κ2) is 6.82. The average molecular weight is 325 g/mol. The second-order valence-corrected chi connectivity index (χ2v) is 4.89. The lowest BCUT2D eigenvalue weighted by Gasteiger charge is -2.05. The van der Waals surface area contributed by atoms with E-state index in [1.54, 1.807) is 28.9 Å². The number of benzene rings is 2. The quantitative estimate of drug-likeness (QED) is 0.532. The molecule has 0 amide bonds. The fourth-order valence-corrected chi connectivity index (χ4v) is 2.03. The first-order valence-corrected chi connectivity index (χ1v) is 7.04. The molecule has 0 N–H and O–H groups in total. The van der Waals surface area contributed by atoms with Crippen molar-refractivity contribution in [2.75, 3.05) is 6.61 Å². The van der Waals surface area contributed by atoms with E-state index in [4.69, 9.17) is 4.74 Å². The van der Waals surface area contributed by atoms with Crippen LogP contribution in [0.1, 0.15) is 20.7 Å². The van der Waals surface area contributed by atoms with Crippen molar-refractivity contribution in [1.29, 1.82) is 0 Å². The normalized spacial score (nSPS) is 10.4. The van der Waals surface area contributed by atoms with Gasteiger partial charge in [-0.05, 0) is 48.5 Å². The third kappa shape index (κ3) is 3.52. The SMILES string of the molecule is O=C(COC(=O)c1ccc(-n2cncn2)cc1)c1ccc(F)cc1. The Bertz CT molecular complexity index is 844. The Morgan fingerprint density at radius 2 is 1.67 bits per heavy atom. The zero-order valence-electron chi connectivity index (χ0n) is 12.4. The number of halogens is 1. The highest BCUT2D eigenvalue weighted by Crippen LogP contribution is 2.10. The number of ether oxygens (including phenoxy) is 1. The van der Waals surface area contributed by atoms with Gasteiger partial charge in [-0.1, -0.05) is 0 Å². The first-order valence-electron chi connectivity index (χ1n) is 7.04. The van der Waals surface area contributed by atoms with Crippen LogP contribution in [0.15, 0.2) is 61.2 Å². The average Bonchev–Trinajstić information content (AvgIpc) is 3.15. The van der Waals surface area contributed by atoms with Crippen molar-refractivity contribution in [2.45, 2.75) is 0 Å². The molecule has 0 atom stereocenters. The summed E-state index contributed by atoms with van der Waals surface area (Å²) in [6.45, 7) is -0.407. The molecule has 0 bridgehead atoms. The Kier molecular flexibility index (Phi) is 4.42.